The zero-order chi connectivity index (χ0) is 22.2. The molecular weight excluding hydrogens is 392 g/mol. The summed E-state index contributed by atoms with van der Waals surface area (Å²) < 4.78 is 7.42. The highest BCUT2D eigenvalue weighted by atomic mass is 16.5. The number of aliphatic hydroxyl groups is 1. The van der Waals surface area contributed by atoms with Gasteiger partial charge in [0, 0.05) is 36.0 Å². The Bertz CT molecular complexity index is 1110. The summed E-state index contributed by atoms with van der Waals surface area (Å²) in [5, 5.41) is 23.8. The first kappa shape index (κ1) is 21.1. The first-order chi connectivity index (χ1) is 14.6. The van der Waals surface area contributed by atoms with Gasteiger partial charge < -0.3 is 20.5 Å². The lowest BCUT2D eigenvalue weighted by atomic mass is 9.91. The van der Waals surface area contributed by atoms with Gasteiger partial charge in [-0.25, -0.2) is 9.50 Å². The molecule has 31 heavy (non-hydrogen) atoms. The average molecular weight is 421 g/mol. The number of fused-ring (bicyclic) bond motifs is 1. The lowest BCUT2D eigenvalue weighted by molar-refractivity contribution is 0.0283. The van der Waals surface area contributed by atoms with Crippen molar-refractivity contribution in [3.8, 4) is 22.9 Å². The van der Waals surface area contributed by atoms with E-state index in [0.717, 1.165) is 42.9 Å². The topological polar surface area (TPSA) is 113 Å². The molecular formula is C23H28N6O2. The Morgan fingerprint density at radius 2 is 2.03 bits per heavy atom. The second kappa shape index (κ2) is 7.84. The molecule has 4 rings (SSSR count). The SMILES string of the molecule is CC(C)(O)COc1cc(-c2ccc(N3CCC(C)(N)CC3)nc2)c2c(C#N)cnn2c1. The van der Waals surface area contributed by atoms with Crippen LogP contribution in [-0.4, -0.2) is 50.5 Å². The minimum absolute atomic E-state index is 0.110. The molecule has 1 aliphatic heterocycles. The van der Waals surface area contributed by atoms with E-state index < -0.39 is 5.60 Å². The van der Waals surface area contributed by atoms with Crippen LogP contribution in [0, 0.1) is 11.3 Å². The van der Waals surface area contributed by atoms with Gasteiger partial charge in [0.1, 0.15) is 24.2 Å². The van der Waals surface area contributed by atoms with Crippen LogP contribution in [0.4, 0.5) is 5.82 Å². The summed E-state index contributed by atoms with van der Waals surface area (Å²) in [6.45, 7) is 7.36. The van der Waals surface area contributed by atoms with Gasteiger partial charge in [-0.3, -0.25) is 0 Å². The molecule has 3 N–H and O–H groups in total. The summed E-state index contributed by atoms with van der Waals surface area (Å²) >= 11 is 0. The van der Waals surface area contributed by atoms with Gasteiger partial charge in [0.2, 0.25) is 0 Å². The van der Waals surface area contributed by atoms with Gasteiger partial charge in [-0.1, -0.05) is 0 Å². The van der Waals surface area contributed by atoms with Crippen LogP contribution in [0.15, 0.2) is 36.8 Å². The van der Waals surface area contributed by atoms with E-state index in [4.69, 9.17) is 10.5 Å². The summed E-state index contributed by atoms with van der Waals surface area (Å²) in [6.07, 6.45) is 6.93. The Morgan fingerprint density at radius 3 is 2.65 bits per heavy atom. The van der Waals surface area contributed by atoms with Crippen molar-refractivity contribution < 1.29 is 9.84 Å². The number of anilines is 1. The molecule has 1 aliphatic rings. The number of ether oxygens (including phenoxy) is 1. The van der Waals surface area contributed by atoms with Gasteiger partial charge >= 0.3 is 0 Å². The fourth-order valence-electron chi connectivity index (χ4n) is 3.72. The summed E-state index contributed by atoms with van der Waals surface area (Å²) in [5.74, 6) is 1.47. The van der Waals surface area contributed by atoms with Crippen molar-refractivity contribution in [3.05, 3.63) is 42.4 Å². The number of rotatable bonds is 5. The fourth-order valence-corrected chi connectivity index (χ4v) is 3.72. The standard InChI is InChI=1S/C23H28N6O2/c1-22(2,30)15-31-18-10-19(21-17(11-24)13-27-29(21)14-18)16-4-5-20(26-12-16)28-8-6-23(3,25)7-9-28/h4-5,10,12-14,30H,6-9,15,25H2,1-3H3. The van der Waals surface area contributed by atoms with Crippen molar-refractivity contribution in [3.63, 3.8) is 0 Å². The second-order valence-corrected chi connectivity index (χ2v) is 9.20. The third kappa shape index (κ3) is 4.63. The molecule has 1 saturated heterocycles. The summed E-state index contributed by atoms with van der Waals surface area (Å²) in [4.78, 5) is 6.93. The molecule has 0 aliphatic carbocycles. The zero-order valence-electron chi connectivity index (χ0n) is 18.2. The van der Waals surface area contributed by atoms with E-state index in [-0.39, 0.29) is 12.1 Å². The largest absolute Gasteiger partial charge is 0.489 e. The maximum atomic E-state index is 9.99. The third-order valence-electron chi connectivity index (χ3n) is 5.59. The molecule has 0 atom stereocenters. The van der Waals surface area contributed by atoms with Crippen molar-refractivity contribution >= 4 is 11.3 Å². The third-order valence-corrected chi connectivity index (χ3v) is 5.59. The Morgan fingerprint density at radius 1 is 1.29 bits per heavy atom. The van der Waals surface area contributed by atoms with Gasteiger partial charge in [0.25, 0.3) is 0 Å². The van der Waals surface area contributed by atoms with Crippen LogP contribution < -0.4 is 15.4 Å². The molecule has 0 bridgehead atoms. The number of nitrogens with two attached hydrogens (primary N) is 1. The highest BCUT2D eigenvalue weighted by Crippen LogP contribution is 2.32. The van der Waals surface area contributed by atoms with Gasteiger partial charge in [-0.2, -0.15) is 10.4 Å². The number of hydrogen-bond donors (Lipinski definition) is 2. The molecule has 0 spiro atoms. The van der Waals surface area contributed by atoms with Gasteiger partial charge in [-0.15, -0.1) is 0 Å². The van der Waals surface area contributed by atoms with Crippen molar-refractivity contribution in [1.82, 2.24) is 14.6 Å². The highest BCUT2D eigenvalue weighted by Gasteiger charge is 2.26. The molecule has 0 aromatic carbocycles. The monoisotopic (exact) mass is 420 g/mol. The van der Waals surface area contributed by atoms with E-state index in [0.29, 0.717) is 16.8 Å². The van der Waals surface area contributed by atoms with Crippen molar-refractivity contribution in [2.24, 2.45) is 5.73 Å². The van der Waals surface area contributed by atoms with E-state index in [2.05, 4.69) is 28.0 Å². The first-order valence-electron chi connectivity index (χ1n) is 10.4. The molecule has 8 nitrogen and oxygen atoms in total. The summed E-state index contributed by atoms with van der Waals surface area (Å²) in [6, 6.07) is 8.06. The lowest BCUT2D eigenvalue weighted by Crippen LogP contribution is -2.48. The maximum Gasteiger partial charge on any atom is 0.138 e. The lowest BCUT2D eigenvalue weighted by Gasteiger charge is -2.37. The van der Waals surface area contributed by atoms with E-state index in [1.54, 1.807) is 24.6 Å². The molecule has 1 fully saturated rings. The number of pyridine rings is 2. The number of nitriles is 1. The number of hydrogen-bond acceptors (Lipinski definition) is 7. The van der Waals surface area contributed by atoms with Gasteiger partial charge in [0.05, 0.1) is 29.1 Å². The van der Waals surface area contributed by atoms with E-state index in [1.165, 1.54) is 6.20 Å². The molecule has 0 saturated carbocycles. The molecule has 0 unspecified atom stereocenters. The normalized spacial score (nSPS) is 16.3. The van der Waals surface area contributed by atoms with Gasteiger partial charge in [-0.05, 0) is 51.8 Å². The molecule has 0 radical (unpaired) electrons. The van der Waals surface area contributed by atoms with Crippen LogP contribution in [0.1, 0.15) is 39.2 Å². The summed E-state index contributed by atoms with van der Waals surface area (Å²) in [7, 11) is 0. The number of aromatic nitrogens is 3. The van der Waals surface area contributed by atoms with Crippen LogP contribution in [0.5, 0.6) is 5.75 Å². The van der Waals surface area contributed by atoms with Gasteiger partial charge in [0.15, 0.2) is 0 Å². The average Bonchev–Trinajstić information content (AvgIpc) is 3.14. The molecule has 162 valence electrons. The minimum Gasteiger partial charge on any atom is -0.489 e. The Kier molecular flexibility index (Phi) is 5.33. The van der Waals surface area contributed by atoms with Crippen LogP contribution in [0.2, 0.25) is 0 Å². The first-order valence-corrected chi connectivity index (χ1v) is 10.4. The van der Waals surface area contributed by atoms with E-state index in [1.807, 2.05) is 24.4 Å². The Balaban J connectivity index is 1.67. The number of piperidine rings is 1. The molecule has 4 heterocycles. The van der Waals surface area contributed by atoms with Crippen molar-refractivity contribution in [2.45, 2.75) is 44.8 Å². The predicted octanol–water partition coefficient (Wildman–Crippen LogP) is 2.74. The smallest absolute Gasteiger partial charge is 0.138 e. The van der Waals surface area contributed by atoms with Crippen LogP contribution in [0.25, 0.3) is 16.6 Å². The van der Waals surface area contributed by atoms with Crippen LogP contribution in [-0.2, 0) is 0 Å². The van der Waals surface area contributed by atoms with E-state index >= 15 is 0 Å². The molecule has 8 heteroatoms. The van der Waals surface area contributed by atoms with Crippen molar-refractivity contribution in [2.75, 3.05) is 24.6 Å². The van der Waals surface area contributed by atoms with E-state index in [9.17, 15) is 10.4 Å². The maximum absolute atomic E-state index is 9.99. The van der Waals surface area contributed by atoms with Crippen LogP contribution in [0.3, 0.4) is 0 Å². The molecule has 0 amide bonds. The number of nitrogens with zero attached hydrogens (tertiary/aromatic N) is 5. The second-order valence-electron chi connectivity index (χ2n) is 9.20. The molecule has 3 aromatic heterocycles. The zero-order valence-corrected chi connectivity index (χ0v) is 18.2. The van der Waals surface area contributed by atoms with Crippen LogP contribution >= 0.6 is 0 Å². The highest BCUT2D eigenvalue weighted by molar-refractivity contribution is 5.85. The minimum atomic E-state index is -0.964. The fraction of sp³-hybridized carbons (Fsp3) is 0.435. The Labute approximate surface area is 181 Å². The molecule has 3 aromatic rings. The predicted molar refractivity (Wildman–Crippen MR) is 119 cm³/mol. The van der Waals surface area contributed by atoms with Crippen molar-refractivity contribution in [1.29, 1.82) is 5.26 Å². The quantitative estimate of drug-likeness (QED) is 0.652. The summed E-state index contributed by atoms with van der Waals surface area (Å²) in [5.41, 5.74) is 8.01. The Hall–Kier alpha value is -3.15.